The number of thioether (sulfide) groups is 1. The first-order chi connectivity index (χ1) is 15.3. The number of aryl methyl sites for hydroxylation is 1. The van der Waals surface area contributed by atoms with Crippen molar-refractivity contribution in [1.82, 2.24) is 9.47 Å². The zero-order valence-electron chi connectivity index (χ0n) is 17.5. The third-order valence-electron chi connectivity index (χ3n) is 5.09. The molecule has 4 rings (SSSR count). The van der Waals surface area contributed by atoms with Gasteiger partial charge >= 0.3 is 0 Å². The summed E-state index contributed by atoms with van der Waals surface area (Å²) in [6.45, 7) is 3.57. The quantitative estimate of drug-likeness (QED) is 0.510. The Morgan fingerprint density at radius 2 is 1.75 bits per heavy atom. The van der Waals surface area contributed by atoms with Gasteiger partial charge in [-0.25, -0.2) is 0 Å². The number of nitrogens with one attached hydrogen (secondary N) is 1. The lowest BCUT2D eigenvalue weighted by atomic mass is 10.2. The maximum Gasteiger partial charge on any atom is 0.294 e. The Labute approximate surface area is 194 Å². The predicted molar refractivity (Wildman–Crippen MR) is 128 cm³/mol. The fourth-order valence-corrected chi connectivity index (χ4v) is 4.59. The summed E-state index contributed by atoms with van der Waals surface area (Å²) in [4.78, 5) is 38.9. The number of carbonyl (C=O) groups is 3. The summed E-state index contributed by atoms with van der Waals surface area (Å²) in [5, 5.41) is 2.53. The van der Waals surface area contributed by atoms with Gasteiger partial charge in [-0.1, -0.05) is 41.9 Å². The van der Waals surface area contributed by atoms with Crippen molar-refractivity contribution in [1.29, 1.82) is 0 Å². The van der Waals surface area contributed by atoms with E-state index in [2.05, 4.69) is 9.88 Å². The van der Waals surface area contributed by atoms with E-state index in [4.69, 9.17) is 11.6 Å². The smallest absolute Gasteiger partial charge is 0.294 e. The van der Waals surface area contributed by atoms with Crippen molar-refractivity contribution in [3.63, 3.8) is 0 Å². The SMILES string of the molecule is Cc1cc(/C=C2\SC(=O)N(CC(=O)Nc3ccccc3Cl)C2=O)c(C)n1-c1ccccc1. The molecule has 0 saturated carbocycles. The molecule has 2 heterocycles. The van der Waals surface area contributed by atoms with Gasteiger partial charge in [0, 0.05) is 17.1 Å². The number of imide groups is 1. The molecule has 0 bridgehead atoms. The molecule has 1 aromatic heterocycles. The molecule has 0 unspecified atom stereocenters. The van der Waals surface area contributed by atoms with Crippen LogP contribution in [0.2, 0.25) is 5.02 Å². The molecule has 0 radical (unpaired) electrons. The second-order valence-electron chi connectivity index (χ2n) is 7.29. The number of rotatable bonds is 5. The number of aromatic nitrogens is 1. The zero-order chi connectivity index (χ0) is 22.8. The number of anilines is 1. The molecule has 32 heavy (non-hydrogen) atoms. The van der Waals surface area contributed by atoms with E-state index in [0.29, 0.717) is 10.7 Å². The standard InChI is InChI=1S/C24H20ClN3O3S/c1-15-12-17(16(2)28(15)18-8-4-3-5-9-18)13-21-23(30)27(24(31)32-21)14-22(29)26-20-11-7-6-10-19(20)25/h3-13H,14H2,1-2H3,(H,26,29)/b21-13-. The van der Waals surface area contributed by atoms with Crippen molar-refractivity contribution in [2.24, 2.45) is 0 Å². The van der Waals surface area contributed by atoms with Crippen LogP contribution in [0.1, 0.15) is 17.0 Å². The minimum absolute atomic E-state index is 0.286. The van der Waals surface area contributed by atoms with Crippen molar-refractivity contribution in [3.05, 3.63) is 87.5 Å². The van der Waals surface area contributed by atoms with Gasteiger partial charge in [0.1, 0.15) is 6.54 Å². The topological polar surface area (TPSA) is 71.4 Å². The molecule has 3 amide bonds. The van der Waals surface area contributed by atoms with Gasteiger partial charge in [0.25, 0.3) is 11.1 Å². The van der Waals surface area contributed by atoms with Gasteiger partial charge in [-0.2, -0.15) is 0 Å². The van der Waals surface area contributed by atoms with Crippen LogP contribution < -0.4 is 5.32 Å². The lowest BCUT2D eigenvalue weighted by Gasteiger charge is -2.13. The molecular formula is C24H20ClN3O3S. The summed E-state index contributed by atoms with van der Waals surface area (Å²) in [5.41, 5.74) is 4.26. The molecule has 1 N–H and O–H groups in total. The van der Waals surface area contributed by atoms with Gasteiger partial charge < -0.3 is 9.88 Å². The Morgan fingerprint density at radius 1 is 1.06 bits per heavy atom. The third-order valence-corrected chi connectivity index (χ3v) is 6.33. The number of para-hydroxylation sites is 2. The summed E-state index contributed by atoms with van der Waals surface area (Å²) in [7, 11) is 0. The maximum atomic E-state index is 12.9. The van der Waals surface area contributed by atoms with Gasteiger partial charge in [-0.15, -0.1) is 0 Å². The maximum absolute atomic E-state index is 12.9. The first kappa shape index (κ1) is 21.9. The Kier molecular flexibility index (Phi) is 6.21. The largest absolute Gasteiger partial charge is 0.323 e. The number of halogens is 1. The van der Waals surface area contributed by atoms with Crippen LogP contribution in [0.25, 0.3) is 11.8 Å². The van der Waals surface area contributed by atoms with Gasteiger partial charge in [0.05, 0.1) is 15.6 Å². The highest BCUT2D eigenvalue weighted by Crippen LogP contribution is 2.33. The minimum atomic E-state index is -0.496. The highest BCUT2D eigenvalue weighted by atomic mass is 35.5. The molecule has 1 saturated heterocycles. The summed E-state index contributed by atoms with van der Waals surface area (Å²) < 4.78 is 2.09. The average molecular weight is 466 g/mol. The first-order valence-corrected chi connectivity index (χ1v) is 11.1. The molecule has 162 valence electrons. The summed E-state index contributed by atoms with van der Waals surface area (Å²) in [6.07, 6.45) is 1.71. The van der Waals surface area contributed by atoms with E-state index in [1.165, 1.54) is 0 Å². The molecule has 3 aromatic rings. The zero-order valence-corrected chi connectivity index (χ0v) is 19.0. The Morgan fingerprint density at radius 3 is 2.47 bits per heavy atom. The van der Waals surface area contributed by atoms with Crippen LogP contribution in [0.15, 0.2) is 65.6 Å². The van der Waals surface area contributed by atoms with Crippen molar-refractivity contribution < 1.29 is 14.4 Å². The van der Waals surface area contributed by atoms with E-state index in [1.807, 2.05) is 50.2 Å². The molecule has 8 heteroatoms. The van der Waals surface area contributed by atoms with Crippen LogP contribution in [0, 0.1) is 13.8 Å². The fourth-order valence-electron chi connectivity index (χ4n) is 3.58. The van der Waals surface area contributed by atoms with Crippen LogP contribution in [-0.2, 0) is 9.59 Å². The van der Waals surface area contributed by atoms with Crippen molar-refractivity contribution in [2.45, 2.75) is 13.8 Å². The second-order valence-corrected chi connectivity index (χ2v) is 8.69. The number of carbonyl (C=O) groups excluding carboxylic acids is 3. The first-order valence-electron chi connectivity index (χ1n) is 9.89. The monoisotopic (exact) mass is 465 g/mol. The second kappa shape index (κ2) is 9.06. The molecule has 1 aliphatic rings. The normalized spacial score (nSPS) is 15.0. The van der Waals surface area contributed by atoms with Crippen LogP contribution in [-0.4, -0.2) is 33.1 Å². The predicted octanol–water partition coefficient (Wildman–Crippen LogP) is 5.42. The Hall–Kier alpha value is -3.29. The molecule has 1 fully saturated rings. The average Bonchev–Trinajstić information content (AvgIpc) is 3.19. The molecule has 0 aliphatic carbocycles. The van der Waals surface area contributed by atoms with Gasteiger partial charge in [-0.3, -0.25) is 19.3 Å². The van der Waals surface area contributed by atoms with Gasteiger partial charge in [0.15, 0.2) is 0 Å². The number of benzene rings is 2. The van der Waals surface area contributed by atoms with E-state index in [-0.39, 0.29) is 11.4 Å². The van der Waals surface area contributed by atoms with Crippen molar-refractivity contribution in [2.75, 3.05) is 11.9 Å². The molecule has 6 nitrogen and oxygen atoms in total. The van der Waals surface area contributed by atoms with Gasteiger partial charge in [0.2, 0.25) is 5.91 Å². The van der Waals surface area contributed by atoms with E-state index in [0.717, 1.165) is 39.3 Å². The lowest BCUT2D eigenvalue weighted by molar-refractivity contribution is -0.127. The number of amides is 3. The summed E-state index contributed by atoms with van der Waals surface area (Å²) in [6, 6.07) is 18.6. The number of hydrogen-bond donors (Lipinski definition) is 1. The van der Waals surface area contributed by atoms with Crippen LogP contribution in [0.4, 0.5) is 10.5 Å². The number of nitrogens with zero attached hydrogens (tertiary/aromatic N) is 2. The molecule has 0 spiro atoms. The minimum Gasteiger partial charge on any atom is -0.323 e. The van der Waals surface area contributed by atoms with Crippen molar-refractivity contribution >= 4 is 52.2 Å². The van der Waals surface area contributed by atoms with Crippen LogP contribution >= 0.6 is 23.4 Å². The molecule has 1 aliphatic heterocycles. The van der Waals surface area contributed by atoms with E-state index in [1.54, 1.807) is 30.3 Å². The highest BCUT2D eigenvalue weighted by Gasteiger charge is 2.36. The summed E-state index contributed by atoms with van der Waals surface area (Å²) in [5.74, 6) is -0.984. The van der Waals surface area contributed by atoms with Gasteiger partial charge in [-0.05, 0) is 67.6 Å². The highest BCUT2D eigenvalue weighted by molar-refractivity contribution is 8.18. The molecule has 0 atom stereocenters. The Bertz CT molecular complexity index is 1250. The Balaban J connectivity index is 1.53. The van der Waals surface area contributed by atoms with Crippen LogP contribution in [0.5, 0.6) is 0 Å². The lowest BCUT2D eigenvalue weighted by Crippen LogP contribution is -2.36. The molecular weight excluding hydrogens is 446 g/mol. The third kappa shape index (κ3) is 4.35. The molecule has 2 aromatic carbocycles. The fraction of sp³-hybridized carbons (Fsp3) is 0.125. The van der Waals surface area contributed by atoms with Crippen LogP contribution in [0.3, 0.4) is 0 Å². The summed E-state index contributed by atoms with van der Waals surface area (Å²) >= 11 is 6.88. The van der Waals surface area contributed by atoms with Crippen molar-refractivity contribution in [3.8, 4) is 5.69 Å². The number of hydrogen-bond acceptors (Lipinski definition) is 4. The van der Waals surface area contributed by atoms with E-state index >= 15 is 0 Å². The van der Waals surface area contributed by atoms with E-state index < -0.39 is 17.1 Å². The van der Waals surface area contributed by atoms with E-state index in [9.17, 15) is 14.4 Å².